The van der Waals surface area contributed by atoms with Crippen molar-refractivity contribution < 1.29 is 0 Å². The minimum Gasteiger partial charge on any atom is -0.310 e. The van der Waals surface area contributed by atoms with Gasteiger partial charge in [0.25, 0.3) is 0 Å². The van der Waals surface area contributed by atoms with Gasteiger partial charge in [0.05, 0.1) is 0 Å². The van der Waals surface area contributed by atoms with E-state index in [0.29, 0.717) is 6.04 Å². The second-order valence-corrected chi connectivity index (χ2v) is 5.97. The fraction of sp³-hybridized carbons (Fsp3) is 0.647. The van der Waals surface area contributed by atoms with Crippen LogP contribution < -0.4 is 5.32 Å². The van der Waals surface area contributed by atoms with Gasteiger partial charge in [0.1, 0.15) is 0 Å². The molecule has 2 atom stereocenters. The summed E-state index contributed by atoms with van der Waals surface area (Å²) in [5.74, 6) is 0.830. The van der Waals surface area contributed by atoms with Crippen molar-refractivity contribution in [2.45, 2.75) is 65.5 Å². The zero-order valence-corrected chi connectivity index (χ0v) is 12.1. The fourth-order valence-corrected chi connectivity index (χ4v) is 3.16. The van der Waals surface area contributed by atoms with Crippen molar-refractivity contribution in [1.82, 2.24) is 5.32 Å². The van der Waals surface area contributed by atoms with Crippen LogP contribution in [0.1, 0.15) is 55.7 Å². The molecule has 0 amide bonds. The quantitative estimate of drug-likeness (QED) is 0.780. The Morgan fingerprint density at radius 2 is 1.72 bits per heavy atom. The smallest absolute Gasteiger partial charge is 0.0213 e. The summed E-state index contributed by atoms with van der Waals surface area (Å²) < 4.78 is 0. The molecule has 100 valence electrons. The van der Waals surface area contributed by atoms with Crippen LogP contribution in [-0.4, -0.2) is 6.04 Å². The van der Waals surface area contributed by atoms with Gasteiger partial charge in [0.15, 0.2) is 0 Å². The van der Waals surface area contributed by atoms with Gasteiger partial charge in [-0.1, -0.05) is 44.4 Å². The Morgan fingerprint density at radius 3 is 2.44 bits per heavy atom. The monoisotopic (exact) mass is 245 g/mol. The van der Waals surface area contributed by atoms with Gasteiger partial charge >= 0.3 is 0 Å². The van der Waals surface area contributed by atoms with Crippen LogP contribution in [0.4, 0.5) is 0 Å². The SMILES string of the molecule is Cc1cccc(C)c1CNC1CCCCCC1C. The predicted molar refractivity (Wildman–Crippen MR) is 78.8 cm³/mol. The van der Waals surface area contributed by atoms with Crippen LogP contribution in [0.15, 0.2) is 18.2 Å². The lowest BCUT2D eigenvalue weighted by molar-refractivity contribution is 0.355. The molecule has 1 nitrogen and oxygen atoms in total. The molecule has 1 fully saturated rings. The molecule has 0 heterocycles. The van der Waals surface area contributed by atoms with Crippen molar-refractivity contribution in [1.29, 1.82) is 0 Å². The molecule has 0 bridgehead atoms. The largest absolute Gasteiger partial charge is 0.310 e. The standard InChI is InChI=1S/C17H27N/c1-13-9-7-10-14(2)16(13)12-18-17-11-6-4-5-8-15(17)3/h7,9-10,15,17-18H,4-6,8,11-12H2,1-3H3. The highest BCUT2D eigenvalue weighted by Gasteiger charge is 2.19. The minimum atomic E-state index is 0.714. The van der Waals surface area contributed by atoms with E-state index in [0.717, 1.165) is 12.5 Å². The molecule has 0 radical (unpaired) electrons. The summed E-state index contributed by atoms with van der Waals surface area (Å²) in [6, 6.07) is 7.32. The molecule has 2 unspecified atom stereocenters. The molecule has 1 N–H and O–H groups in total. The molecule has 1 aromatic rings. The molecule has 2 rings (SSSR count). The zero-order valence-electron chi connectivity index (χ0n) is 12.1. The van der Waals surface area contributed by atoms with Crippen molar-refractivity contribution in [3.8, 4) is 0 Å². The summed E-state index contributed by atoms with van der Waals surface area (Å²) >= 11 is 0. The Labute approximate surface area is 112 Å². The first-order valence-corrected chi connectivity index (χ1v) is 7.47. The van der Waals surface area contributed by atoms with Crippen molar-refractivity contribution in [2.24, 2.45) is 5.92 Å². The van der Waals surface area contributed by atoms with Gasteiger partial charge in [-0.2, -0.15) is 0 Å². The first kappa shape index (κ1) is 13.6. The third-order valence-electron chi connectivity index (χ3n) is 4.55. The van der Waals surface area contributed by atoms with Crippen molar-refractivity contribution in [3.63, 3.8) is 0 Å². The van der Waals surface area contributed by atoms with Crippen LogP contribution in [0, 0.1) is 19.8 Å². The number of hydrogen-bond donors (Lipinski definition) is 1. The van der Waals surface area contributed by atoms with E-state index in [1.165, 1.54) is 48.8 Å². The Kier molecular flexibility index (Phi) is 4.82. The lowest BCUT2D eigenvalue weighted by Crippen LogP contribution is -2.34. The number of nitrogens with one attached hydrogen (secondary N) is 1. The lowest BCUT2D eigenvalue weighted by atomic mass is 9.96. The highest BCUT2D eigenvalue weighted by atomic mass is 14.9. The molecule has 1 aromatic carbocycles. The van der Waals surface area contributed by atoms with Crippen LogP contribution in [0.2, 0.25) is 0 Å². The molecule has 0 aliphatic heterocycles. The molecule has 18 heavy (non-hydrogen) atoms. The van der Waals surface area contributed by atoms with E-state index in [2.05, 4.69) is 44.3 Å². The van der Waals surface area contributed by atoms with Gasteiger partial charge in [-0.15, -0.1) is 0 Å². The predicted octanol–water partition coefficient (Wildman–Crippen LogP) is 4.36. The third-order valence-corrected chi connectivity index (χ3v) is 4.55. The van der Waals surface area contributed by atoms with Gasteiger partial charge in [-0.3, -0.25) is 0 Å². The van der Waals surface area contributed by atoms with Crippen LogP contribution in [0.25, 0.3) is 0 Å². The molecule has 1 saturated carbocycles. The lowest BCUT2D eigenvalue weighted by Gasteiger charge is -2.24. The molecule has 1 aliphatic carbocycles. The Morgan fingerprint density at radius 1 is 1.06 bits per heavy atom. The first-order chi connectivity index (χ1) is 8.68. The topological polar surface area (TPSA) is 12.0 Å². The molecule has 0 aromatic heterocycles. The van der Waals surface area contributed by atoms with Crippen LogP contribution in [0.5, 0.6) is 0 Å². The van der Waals surface area contributed by atoms with Gasteiger partial charge in [0.2, 0.25) is 0 Å². The summed E-state index contributed by atoms with van der Waals surface area (Å²) in [7, 11) is 0. The minimum absolute atomic E-state index is 0.714. The molecule has 0 spiro atoms. The van der Waals surface area contributed by atoms with Crippen molar-refractivity contribution in [3.05, 3.63) is 34.9 Å². The van der Waals surface area contributed by atoms with Gasteiger partial charge < -0.3 is 5.32 Å². The first-order valence-electron chi connectivity index (χ1n) is 7.47. The summed E-state index contributed by atoms with van der Waals surface area (Å²) in [4.78, 5) is 0. The van der Waals surface area contributed by atoms with Crippen LogP contribution in [-0.2, 0) is 6.54 Å². The van der Waals surface area contributed by atoms with E-state index >= 15 is 0 Å². The second-order valence-electron chi connectivity index (χ2n) is 5.97. The average molecular weight is 245 g/mol. The van der Waals surface area contributed by atoms with E-state index < -0.39 is 0 Å². The van der Waals surface area contributed by atoms with Gasteiger partial charge in [-0.05, 0) is 49.3 Å². The highest BCUT2D eigenvalue weighted by Crippen LogP contribution is 2.23. The van der Waals surface area contributed by atoms with Gasteiger partial charge in [-0.25, -0.2) is 0 Å². The molecule has 0 saturated heterocycles. The summed E-state index contributed by atoms with van der Waals surface area (Å²) in [5, 5.41) is 3.81. The Balaban J connectivity index is 1.98. The second kappa shape index (κ2) is 6.38. The molecular formula is C17H27N. The number of rotatable bonds is 3. The molecule has 1 aliphatic rings. The average Bonchev–Trinajstić information content (AvgIpc) is 2.54. The summed E-state index contributed by atoms with van der Waals surface area (Å²) in [6.45, 7) is 7.89. The Hall–Kier alpha value is -0.820. The number of aryl methyl sites for hydroxylation is 2. The van der Waals surface area contributed by atoms with E-state index in [4.69, 9.17) is 0 Å². The van der Waals surface area contributed by atoms with E-state index in [9.17, 15) is 0 Å². The van der Waals surface area contributed by atoms with E-state index in [1.807, 2.05) is 0 Å². The van der Waals surface area contributed by atoms with Crippen molar-refractivity contribution in [2.75, 3.05) is 0 Å². The zero-order chi connectivity index (χ0) is 13.0. The fourth-order valence-electron chi connectivity index (χ4n) is 3.16. The number of benzene rings is 1. The van der Waals surface area contributed by atoms with Crippen molar-refractivity contribution >= 4 is 0 Å². The van der Waals surface area contributed by atoms with E-state index in [-0.39, 0.29) is 0 Å². The van der Waals surface area contributed by atoms with Gasteiger partial charge in [0, 0.05) is 12.6 Å². The summed E-state index contributed by atoms with van der Waals surface area (Å²) in [6.07, 6.45) is 6.99. The maximum atomic E-state index is 3.81. The molecular weight excluding hydrogens is 218 g/mol. The maximum absolute atomic E-state index is 3.81. The van der Waals surface area contributed by atoms with Crippen LogP contribution >= 0.6 is 0 Å². The highest BCUT2D eigenvalue weighted by molar-refractivity contribution is 5.33. The third kappa shape index (κ3) is 3.35. The molecule has 1 heteroatoms. The van der Waals surface area contributed by atoms with E-state index in [1.54, 1.807) is 0 Å². The normalized spacial score (nSPS) is 24.8. The Bertz CT molecular complexity index is 363. The number of hydrogen-bond acceptors (Lipinski definition) is 1. The summed E-state index contributed by atoms with van der Waals surface area (Å²) in [5.41, 5.74) is 4.33. The van der Waals surface area contributed by atoms with Crippen LogP contribution in [0.3, 0.4) is 0 Å². The maximum Gasteiger partial charge on any atom is 0.0213 e.